The highest BCUT2D eigenvalue weighted by Crippen LogP contribution is 2.26. The Kier molecular flexibility index (Phi) is 6.56. The van der Waals surface area contributed by atoms with Gasteiger partial charge in [-0.05, 0) is 36.6 Å². The van der Waals surface area contributed by atoms with Gasteiger partial charge in [0.1, 0.15) is 6.04 Å². The number of benzene rings is 1. The van der Waals surface area contributed by atoms with E-state index in [1.54, 1.807) is 16.2 Å². The lowest BCUT2D eigenvalue weighted by molar-refractivity contribution is 0.0739. The van der Waals surface area contributed by atoms with E-state index >= 15 is 0 Å². The fourth-order valence-corrected chi connectivity index (χ4v) is 3.88. The van der Waals surface area contributed by atoms with E-state index in [1.165, 1.54) is 4.88 Å². The van der Waals surface area contributed by atoms with Gasteiger partial charge in [0.05, 0.1) is 6.61 Å². The van der Waals surface area contributed by atoms with Crippen LogP contribution in [0.3, 0.4) is 0 Å². The molecule has 0 spiro atoms. The molecule has 1 amide bonds. The van der Waals surface area contributed by atoms with E-state index in [-0.39, 0.29) is 12.1 Å². The van der Waals surface area contributed by atoms with Crippen molar-refractivity contribution in [2.75, 3.05) is 32.8 Å². The number of halogens is 1. The van der Waals surface area contributed by atoms with Crippen LogP contribution in [-0.4, -0.2) is 48.7 Å². The summed E-state index contributed by atoms with van der Waals surface area (Å²) < 4.78 is 5.10. The number of amides is 1. The van der Waals surface area contributed by atoms with Crippen molar-refractivity contribution in [3.05, 3.63) is 57.2 Å². The first kappa shape index (κ1) is 18.8. The van der Waals surface area contributed by atoms with Gasteiger partial charge in [0.2, 0.25) is 0 Å². The van der Waals surface area contributed by atoms with Crippen molar-refractivity contribution in [1.29, 1.82) is 0 Å². The molecule has 1 atom stereocenters. The van der Waals surface area contributed by atoms with Gasteiger partial charge < -0.3 is 9.64 Å². The van der Waals surface area contributed by atoms with Crippen molar-refractivity contribution in [3.8, 4) is 11.8 Å². The normalized spacial score (nSPS) is 15.8. The second-order valence-corrected chi connectivity index (χ2v) is 7.34. The van der Waals surface area contributed by atoms with Crippen molar-refractivity contribution in [3.63, 3.8) is 0 Å². The average molecular weight is 389 g/mol. The summed E-state index contributed by atoms with van der Waals surface area (Å²) in [5.74, 6) is 6.65. The Morgan fingerprint density at radius 1 is 1.27 bits per heavy atom. The molecular weight excluding hydrogens is 368 g/mol. The monoisotopic (exact) mass is 388 g/mol. The number of thiophene rings is 1. The molecule has 2 heterocycles. The van der Waals surface area contributed by atoms with E-state index in [1.807, 2.05) is 37.3 Å². The molecule has 1 aromatic carbocycles. The van der Waals surface area contributed by atoms with E-state index in [2.05, 4.69) is 28.2 Å². The van der Waals surface area contributed by atoms with E-state index < -0.39 is 0 Å². The summed E-state index contributed by atoms with van der Waals surface area (Å²) in [6, 6.07) is 11.8. The van der Waals surface area contributed by atoms with Crippen LogP contribution in [0, 0.1) is 11.8 Å². The number of ether oxygens (including phenoxy) is 1. The number of hydrogen-bond donors (Lipinski definition) is 0. The summed E-state index contributed by atoms with van der Waals surface area (Å²) in [5, 5.41) is 2.76. The molecule has 1 aliphatic heterocycles. The fourth-order valence-electron chi connectivity index (χ4n) is 2.88. The molecule has 136 valence electrons. The third-order valence-corrected chi connectivity index (χ3v) is 5.36. The first-order chi connectivity index (χ1) is 12.7. The SMILES string of the molecule is CCOC(=O)N1CCN(C(C#Cc2cccc(Cl)c2)c2cccs2)CC1. The van der Waals surface area contributed by atoms with Crippen molar-refractivity contribution in [2.24, 2.45) is 0 Å². The Bertz CT molecular complexity index is 790. The topological polar surface area (TPSA) is 32.8 Å². The highest BCUT2D eigenvalue weighted by atomic mass is 35.5. The minimum Gasteiger partial charge on any atom is -0.450 e. The van der Waals surface area contributed by atoms with Gasteiger partial charge in [-0.2, -0.15) is 0 Å². The third-order valence-electron chi connectivity index (χ3n) is 4.20. The second-order valence-electron chi connectivity index (χ2n) is 5.92. The predicted molar refractivity (Wildman–Crippen MR) is 106 cm³/mol. The first-order valence-corrected chi connectivity index (χ1v) is 9.89. The summed E-state index contributed by atoms with van der Waals surface area (Å²) >= 11 is 7.76. The maximum atomic E-state index is 11.9. The number of hydrogen-bond acceptors (Lipinski definition) is 4. The number of rotatable bonds is 3. The molecule has 1 unspecified atom stereocenters. The van der Waals surface area contributed by atoms with Gasteiger partial charge in [0.15, 0.2) is 0 Å². The van der Waals surface area contributed by atoms with Crippen LogP contribution in [-0.2, 0) is 4.74 Å². The summed E-state index contributed by atoms with van der Waals surface area (Å²) in [5.41, 5.74) is 0.907. The molecule has 4 nitrogen and oxygen atoms in total. The summed E-state index contributed by atoms with van der Waals surface area (Å²) in [7, 11) is 0. The Morgan fingerprint density at radius 3 is 2.73 bits per heavy atom. The zero-order chi connectivity index (χ0) is 18.4. The van der Waals surface area contributed by atoms with E-state index in [9.17, 15) is 4.79 Å². The van der Waals surface area contributed by atoms with Gasteiger partial charge in [-0.25, -0.2) is 4.79 Å². The Hall–Kier alpha value is -2.00. The number of carbonyl (C=O) groups excluding carboxylic acids is 1. The van der Waals surface area contributed by atoms with Gasteiger partial charge in [0.25, 0.3) is 0 Å². The van der Waals surface area contributed by atoms with Gasteiger partial charge in [-0.15, -0.1) is 11.3 Å². The molecule has 1 aliphatic rings. The molecule has 0 aliphatic carbocycles. The van der Waals surface area contributed by atoms with E-state index in [0.29, 0.717) is 24.7 Å². The van der Waals surface area contributed by atoms with Gasteiger partial charge in [0, 0.05) is 41.6 Å². The lowest BCUT2D eigenvalue weighted by Gasteiger charge is -2.36. The van der Waals surface area contributed by atoms with Crippen molar-refractivity contribution >= 4 is 29.0 Å². The third kappa shape index (κ3) is 4.79. The van der Waals surface area contributed by atoms with Gasteiger partial charge in [-0.3, -0.25) is 4.90 Å². The Morgan fingerprint density at radius 2 is 2.08 bits per heavy atom. The zero-order valence-corrected chi connectivity index (χ0v) is 16.2. The molecule has 1 saturated heterocycles. The highest BCUT2D eigenvalue weighted by molar-refractivity contribution is 7.10. The van der Waals surface area contributed by atoms with Crippen LogP contribution in [0.25, 0.3) is 0 Å². The minimum absolute atomic E-state index is 0.0123. The van der Waals surface area contributed by atoms with Gasteiger partial charge in [-0.1, -0.05) is 35.6 Å². The lowest BCUT2D eigenvalue weighted by Crippen LogP contribution is -2.49. The fraction of sp³-hybridized carbons (Fsp3) is 0.350. The van der Waals surface area contributed by atoms with Crippen LogP contribution >= 0.6 is 22.9 Å². The number of nitrogens with zero attached hydrogens (tertiary/aromatic N) is 2. The second kappa shape index (κ2) is 9.09. The Balaban J connectivity index is 1.74. The smallest absolute Gasteiger partial charge is 0.409 e. The Labute approximate surface area is 163 Å². The van der Waals surface area contributed by atoms with Crippen LogP contribution in [0.4, 0.5) is 4.79 Å². The van der Waals surface area contributed by atoms with Crippen LogP contribution in [0.15, 0.2) is 41.8 Å². The van der Waals surface area contributed by atoms with E-state index in [4.69, 9.17) is 16.3 Å². The molecule has 3 rings (SSSR count). The summed E-state index contributed by atoms with van der Waals surface area (Å²) in [6.07, 6.45) is -0.232. The highest BCUT2D eigenvalue weighted by Gasteiger charge is 2.27. The van der Waals surface area contributed by atoms with Crippen LogP contribution in [0.2, 0.25) is 5.02 Å². The minimum atomic E-state index is -0.232. The maximum Gasteiger partial charge on any atom is 0.409 e. The van der Waals surface area contributed by atoms with Crippen molar-refractivity contribution < 1.29 is 9.53 Å². The molecule has 0 radical (unpaired) electrons. The predicted octanol–water partition coefficient (Wildman–Crippen LogP) is 4.27. The maximum absolute atomic E-state index is 11.9. The number of carbonyl (C=O) groups is 1. The molecule has 2 aromatic rings. The molecule has 0 N–H and O–H groups in total. The summed E-state index contributed by atoms with van der Waals surface area (Å²) in [4.78, 5) is 17.2. The molecule has 26 heavy (non-hydrogen) atoms. The number of piperazine rings is 1. The lowest BCUT2D eigenvalue weighted by atomic mass is 10.1. The van der Waals surface area contributed by atoms with Crippen molar-refractivity contribution in [1.82, 2.24) is 9.80 Å². The molecule has 6 heteroatoms. The van der Waals surface area contributed by atoms with E-state index in [0.717, 1.165) is 18.7 Å². The standard InChI is InChI=1S/C20H21ClN2O2S/c1-2-25-20(24)23-12-10-22(11-13-23)18(19-7-4-14-26-19)9-8-16-5-3-6-17(21)15-16/h3-7,14-15,18H,2,10-13H2,1H3. The summed E-state index contributed by atoms with van der Waals surface area (Å²) in [6.45, 7) is 5.07. The first-order valence-electron chi connectivity index (χ1n) is 8.63. The molecule has 1 aromatic heterocycles. The molecule has 0 saturated carbocycles. The quantitative estimate of drug-likeness (QED) is 0.736. The molecular formula is C20H21ClN2O2S. The van der Waals surface area contributed by atoms with Crippen molar-refractivity contribution in [2.45, 2.75) is 13.0 Å². The largest absolute Gasteiger partial charge is 0.450 e. The van der Waals surface area contributed by atoms with Crippen LogP contribution < -0.4 is 0 Å². The average Bonchev–Trinajstić information content (AvgIpc) is 3.17. The molecule has 0 bridgehead atoms. The zero-order valence-electron chi connectivity index (χ0n) is 14.7. The van der Waals surface area contributed by atoms with Gasteiger partial charge >= 0.3 is 6.09 Å². The van der Waals surface area contributed by atoms with Crippen LogP contribution in [0.5, 0.6) is 0 Å². The molecule has 1 fully saturated rings. The van der Waals surface area contributed by atoms with Crippen LogP contribution in [0.1, 0.15) is 23.4 Å².